The van der Waals surface area contributed by atoms with Gasteiger partial charge in [-0.3, -0.25) is 4.79 Å². The molecular formula is C24H31NO4. The van der Waals surface area contributed by atoms with Crippen molar-refractivity contribution in [3.63, 3.8) is 0 Å². The predicted octanol–water partition coefficient (Wildman–Crippen LogP) is 5.29. The van der Waals surface area contributed by atoms with E-state index in [0.29, 0.717) is 11.3 Å². The van der Waals surface area contributed by atoms with Crippen LogP contribution in [0.3, 0.4) is 0 Å². The molecule has 3 rings (SSSR count). The quantitative estimate of drug-likeness (QED) is 0.422. The Morgan fingerprint density at radius 1 is 1.00 bits per heavy atom. The third-order valence-electron chi connectivity index (χ3n) is 5.14. The lowest BCUT2D eigenvalue weighted by atomic mass is 10.0. The molecule has 1 atom stereocenters. The monoisotopic (exact) mass is 397 g/mol. The third kappa shape index (κ3) is 7.52. The number of anilines is 1. The average molecular weight is 398 g/mol. The number of hydrogen-bond acceptors (Lipinski definition) is 4. The molecule has 1 unspecified atom stereocenters. The highest BCUT2D eigenvalue weighted by molar-refractivity contribution is 6.04. The molecule has 2 aromatic rings. The fourth-order valence-electron chi connectivity index (χ4n) is 3.41. The number of phenolic OH excluding ortho intramolecular Hbond substituents is 1. The Labute approximate surface area is 173 Å². The van der Waals surface area contributed by atoms with Gasteiger partial charge in [0.25, 0.3) is 5.91 Å². The largest absolute Gasteiger partial charge is 0.508 e. The highest BCUT2D eigenvalue weighted by atomic mass is 16.7. The van der Waals surface area contributed by atoms with E-state index in [0.717, 1.165) is 45.3 Å². The van der Waals surface area contributed by atoms with Crippen molar-refractivity contribution in [1.29, 1.82) is 0 Å². The zero-order valence-electron chi connectivity index (χ0n) is 16.9. The van der Waals surface area contributed by atoms with E-state index in [1.807, 2.05) is 24.3 Å². The number of rotatable bonds is 10. The molecule has 5 heteroatoms. The lowest BCUT2D eigenvalue weighted by Gasteiger charge is -2.22. The Morgan fingerprint density at radius 3 is 2.48 bits per heavy atom. The van der Waals surface area contributed by atoms with Crippen molar-refractivity contribution in [3.05, 3.63) is 59.7 Å². The first-order valence-corrected chi connectivity index (χ1v) is 10.6. The maximum atomic E-state index is 12.3. The van der Waals surface area contributed by atoms with Gasteiger partial charge in [-0.2, -0.15) is 0 Å². The van der Waals surface area contributed by atoms with Gasteiger partial charge in [0.05, 0.1) is 0 Å². The molecule has 0 bridgehead atoms. The molecule has 1 aliphatic rings. The maximum Gasteiger partial charge on any atom is 0.255 e. The normalized spacial score (nSPS) is 16.5. The van der Waals surface area contributed by atoms with Gasteiger partial charge in [0, 0.05) is 24.5 Å². The number of aryl methyl sites for hydroxylation is 1. The molecule has 0 aromatic heterocycles. The zero-order valence-corrected chi connectivity index (χ0v) is 16.9. The van der Waals surface area contributed by atoms with E-state index in [-0.39, 0.29) is 17.9 Å². The van der Waals surface area contributed by atoms with Gasteiger partial charge in [0.1, 0.15) is 5.75 Å². The van der Waals surface area contributed by atoms with Crippen LogP contribution in [0.4, 0.5) is 5.69 Å². The molecule has 1 heterocycles. The summed E-state index contributed by atoms with van der Waals surface area (Å²) >= 11 is 0. The number of unbranched alkanes of at least 4 members (excludes halogenated alkanes) is 3. The molecule has 156 valence electrons. The van der Waals surface area contributed by atoms with Crippen molar-refractivity contribution in [2.45, 2.75) is 57.7 Å². The standard InChI is InChI=1S/C24H31NO4/c26-22-15-13-21(14-16-22)25-24(27)20-11-9-19(10-12-20)7-3-1-2-5-17-28-23-8-4-6-18-29-23/h9-16,23,26H,1-8,17-18H2,(H,25,27). The highest BCUT2D eigenvalue weighted by Crippen LogP contribution is 2.16. The van der Waals surface area contributed by atoms with Crippen LogP contribution in [-0.4, -0.2) is 30.5 Å². The minimum Gasteiger partial charge on any atom is -0.508 e. The predicted molar refractivity (Wildman–Crippen MR) is 114 cm³/mol. The molecule has 2 aromatic carbocycles. The number of carbonyl (C=O) groups excluding carboxylic acids is 1. The van der Waals surface area contributed by atoms with Crippen LogP contribution in [0.25, 0.3) is 0 Å². The van der Waals surface area contributed by atoms with E-state index >= 15 is 0 Å². The Kier molecular flexibility index (Phi) is 8.53. The molecule has 1 aliphatic heterocycles. The van der Waals surface area contributed by atoms with Crippen molar-refractivity contribution < 1.29 is 19.4 Å². The molecule has 1 amide bonds. The lowest BCUT2D eigenvalue weighted by Crippen LogP contribution is -2.22. The van der Waals surface area contributed by atoms with Gasteiger partial charge in [-0.05, 0) is 80.5 Å². The molecule has 0 spiro atoms. The van der Waals surface area contributed by atoms with Gasteiger partial charge in [-0.1, -0.05) is 25.0 Å². The van der Waals surface area contributed by atoms with Crippen LogP contribution in [0, 0.1) is 0 Å². The Morgan fingerprint density at radius 2 is 1.76 bits per heavy atom. The number of ether oxygens (including phenoxy) is 2. The summed E-state index contributed by atoms with van der Waals surface area (Å²) in [6.45, 7) is 1.62. The maximum absolute atomic E-state index is 12.3. The number of hydrogen-bond donors (Lipinski definition) is 2. The van der Waals surface area contributed by atoms with E-state index < -0.39 is 0 Å². The number of phenols is 1. The van der Waals surface area contributed by atoms with Crippen molar-refractivity contribution in [2.24, 2.45) is 0 Å². The smallest absolute Gasteiger partial charge is 0.255 e. The first kappa shape index (κ1) is 21.3. The molecule has 1 fully saturated rings. The van der Waals surface area contributed by atoms with Gasteiger partial charge >= 0.3 is 0 Å². The summed E-state index contributed by atoms with van der Waals surface area (Å²) < 4.78 is 11.3. The Balaban J connectivity index is 1.29. The minimum atomic E-state index is -0.149. The Hall–Kier alpha value is -2.37. The zero-order chi connectivity index (χ0) is 20.3. The molecule has 2 N–H and O–H groups in total. The average Bonchev–Trinajstić information content (AvgIpc) is 2.76. The van der Waals surface area contributed by atoms with Crippen LogP contribution in [-0.2, 0) is 15.9 Å². The van der Waals surface area contributed by atoms with E-state index in [1.165, 1.54) is 24.8 Å². The lowest BCUT2D eigenvalue weighted by molar-refractivity contribution is -0.162. The molecule has 0 aliphatic carbocycles. The first-order valence-electron chi connectivity index (χ1n) is 10.6. The molecular weight excluding hydrogens is 366 g/mol. The first-order chi connectivity index (χ1) is 14.2. The highest BCUT2D eigenvalue weighted by Gasteiger charge is 2.13. The summed E-state index contributed by atoms with van der Waals surface area (Å²) in [5.74, 6) is 0.0299. The Bertz CT molecular complexity index is 736. The summed E-state index contributed by atoms with van der Waals surface area (Å²) in [5.41, 5.74) is 2.54. The molecule has 0 saturated carbocycles. The summed E-state index contributed by atoms with van der Waals surface area (Å²) in [5, 5.41) is 12.1. The van der Waals surface area contributed by atoms with Gasteiger partial charge in [0.15, 0.2) is 6.29 Å². The minimum absolute atomic E-state index is 0.0218. The topological polar surface area (TPSA) is 67.8 Å². The number of nitrogens with one attached hydrogen (secondary N) is 1. The second-order valence-electron chi connectivity index (χ2n) is 7.53. The SMILES string of the molecule is O=C(Nc1ccc(O)cc1)c1ccc(CCCCCCOC2CCCCO2)cc1. The van der Waals surface area contributed by atoms with E-state index in [9.17, 15) is 9.90 Å². The summed E-state index contributed by atoms with van der Waals surface area (Å²) in [4.78, 5) is 12.3. The van der Waals surface area contributed by atoms with Crippen LogP contribution in [0.15, 0.2) is 48.5 Å². The van der Waals surface area contributed by atoms with Crippen LogP contribution < -0.4 is 5.32 Å². The second-order valence-corrected chi connectivity index (χ2v) is 7.53. The van der Waals surface area contributed by atoms with Gasteiger partial charge in [-0.15, -0.1) is 0 Å². The van der Waals surface area contributed by atoms with Gasteiger partial charge in [-0.25, -0.2) is 0 Å². The third-order valence-corrected chi connectivity index (χ3v) is 5.14. The summed E-state index contributed by atoms with van der Waals surface area (Å²) in [6.07, 6.45) is 9.00. The van der Waals surface area contributed by atoms with Crippen molar-refractivity contribution in [2.75, 3.05) is 18.5 Å². The van der Waals surface area contributed by atoms with Crippen molar-refractivity contribution >= 4 is 11.6 Å². The molecule has 5 nitrogen and oxygen atoms in total. The summed E-state index contributed by atoms with van der Waals surface area (Å²) in [7, 11) is 0. The number of aromatic hydroxyl groups is 1. The number of carbonyl (C=O) groups is 1. The van der Waals surface area contributed by atoms with Crippen LogP contribution in [0.1, 0.15) is 60.9 Å². The summed E-state index contributed by atoms with van der Waals surface area (Å²) in [6, 6.07) is 14.2. The number of benzene rings is 2. The second kappa shape index (κ2) is 11.6. The molecule has 29 heavy (non-hydrogen) atoms. The fourth-order valence-corrected chi connectivity index (χ4v) is 3.41. The van der Waals surface area contributed by atoms with Crippen LogP contribution in [0.5, 0.6) is 5.75 Å². The van der Waals surface area contributed by atoms with Crippen molar-refractivity contribution in [1.82, 2.24) is 0 Å². The van der Waals surface area contributed by atoms with Crippen LogP contribution in [0.2, 0.25) is 0 Å². The van der Waals surface area contributed by atoms with E-state index in [2.05, 4.69) is 5.32 Å². The van der Waals surface area contributed by atoms with Gasteiger partial charge in [0.2, 0.25) is 0 Å². The molecule has 1 saturated heterocycles. The van der Waals surface area contributed by atoms with Gasteiger partial charge < -0.3 is 19.9 Å². The van der Waals surface area contributed by atoms with E-state index in [4.69, 9.17) is 9.47 Å². The van der Waals surface area contributed by atoms with E-state index in [1.54, 1.807) is 24.3 Å². The fraction of sp³-hybridized carbons (Fsp3) is 0.458. The van der Waals surface area contributed by atoms with Crippen molar-refractivity contribution in [3.8, 4) is 5.75 Å². The number of amides is 1. The molecule has 0 radical (unpaired) electrons. The van der Waals surface area contributed by atoms with Crippen LogP contribution >= 0.6 is 0 Å².